The van der Waals surface area contributed by atoms with Gasteiger partial charge in [-0.05, 0) is 24.3 Å². The molecule has 4 aromatic heterocycles. The van der Waals surface area contributed by atoms with Gasteiger partial charge in [0.05, 0.1) is 39.8 Å². The van der Waals surface area contributed by atoms with Crippen LogP contribution in [0.1, 0.15) is 11.1 Å². The minimum atomic E-state index is 0.692. The first-order valence-corrected chi connectivity index (χ1v) is 13.6. The fourth-order valence-electron chi connectivity index (χ4n) is 6.38. The third-order valence-corrected chi connectivity index (χ3v) is 10.2. The van der Waals surface area contributed by atoms with Crippen molar-refractivity contribution in [2.45, 2.75) is 0 Å². The first-order valence-electron chi connectivity index (χ1n) is 12.0. The number of para-hydroxylation sites is 1. The van der Waals surface area contributed by atoms with Gasteiger partial charge in [-0.2, -0.15) is 10.5 Å². The van der Waals surface area contributed by atoms with E-state index in [2.05, 4.69) is 83.3 Å². The number of hydrogen-bond acceptors (Lipinski definition) is 4. The zero-order valence-electron chi connectivity index (χ0n) is 19.2. The van der Waals surface area contributed by atoms with Crippen LogP contribution in [0.4, 0.5) is 0 Å². The van der Waals surface area contributed by atoms with Gasteiger partial charge in [-0.1, -0.05) is 54.6 Å². The summed E-state index contributed by atoms with van der Waals surface area (Å²) in [6.07, 6.45) is 0. The first kappa shape index (κ1) is 19.5. The van der Waals surface area contributed by atoms with E-state index in [1.54, 1.807) is 22.7 Å². The van der Waals surface area contributed by atoms with E-state index in [9.17, 15) is 10.5 Å². The minimum absolute atomic E-state index is 0.692. The zero-order chi connectivity index (χ0) is 24.4. The van der Waals surface area contributed by atoms with Gasteiger partial charge in [0.25, 0.3) is 0 Å². The molecule has 0 radical (unpaired) electrons. The Morgan fingerprint density at radius 3 is 1.49 bits per heavy atom. The Hall–Kier alpha value is -4.68. The van der Waals surface area contributed by atoms with Crippen LogP contribution in [0.15, 0.2) is 78.9 Å². The second-order valence-corrected chi connectivity index (χ2v) is 11.6. The molecule has 37 heavy (non-hydrogen) atoms. The highest BCUT2D eigenvalue weighted by Gasteiger charge is 2.25. The minimum Gasteiger partial charge on any atom is -0.308 e. The van der Waals surface area contributed by atoms with E-state index in [0.29, 0.717) is 11.1 Å². The molecule has 0 spiro atoms. The van der Waals surface area contributed by atoms with Crippen LogP contribution >= 0.6 is 22.7 Å². The summed E-state index contributed by atoms with van der Waals surface area (Å²) in [6.45, 7) is 0. The molecular weight excluding hydrogens is 491 g/mol. The molecule has 0 bridgehead atoms. The average Bonchev–Trinajstić information content (AvgIpc) is 3.67. The molecule has 0 saturated carbocycles. The molecule has 168 valence electrons. The van der Waals surface area contributed by atoms with E-state index in [1.165, 1.54) is 30.9 Å². The van der Waals surface area contributed by atoms with Crippen molar-refractivity contribution in [2.24, 2.45) is 0 Å². The maximum absolute atomic E-state index is 10.2. The van der Waals surface area contributed by atoms with Crippen LogP contribution < -0.4 is 0 Å². The number of nitriles is 2. The van der Waals surface area contributed by atoms with Crippen molar-refractivity contribution in [1.82, 2.24) is 4.40 Å². The lowest BCUT2D eigenvalue weighted by Crippen LogP contribution is -1.85. The Balaban J connectivity index is 1.62. The standard InChI is InChI=1S/C32H13N3S2/c33-14-16-12-22-28(31-26(16)18-6-1-3-10-24(18)36-31)20-8-5-9-21-29-23(35(22)30(20)21)13-17(15-34)27-19-7-2-4-11-25(19)37-32(27)29/h1-13H. The molecule has 0 aliphatic carbocycles. The van der Waals surface area contributed by atoms with Crippen molar-refractivity contribution < 1.29 is 0 Å². The molecule has 0 N–H and O–H groups in total. The Morgan fingerprint density at radius 2 is 1.00 bits per heavy atom. The highest BCUT2D eigenvalue weighted by Crippen LogP contribution is 2.49. The fraction of sp³-hybridized carbons (Fsp3) is 0. The van der Waals surface area contributed by atoms with Gasteiger partial charge in [0, 0.05) is 61.9 Å². The molecule has 0 unspecified atom stereocenters. The van der Waals surface area contributed by atoms with Gasteiger partial charge >= 0.3 is 0 Å². The van der Waals surface area contributed by atoms with Gasteiger partial charge in [0.1, 0.15) is 0 Å². The van der Waals surface area contributed by atoms with Crippen LogP contribution in [0.2, 0.25) is 0 Å². The number of benzene rings is 5. The van der Waals surface area contributed by atoms with Crippen molar-refractivity contribution in [2.75, 3.05) is 0 Å². The predicted molar refractivity (Wildman–Crippen MR) is 156 cm³/mol. The summed E-state index contributed by atoms with van der Waals surface area (Å²) in [5.41, 5.74) is 4.60. The molecule has 5 heteroatoms. The lowest BCUT2D eigenvalue weighted by Gasteiger charge is -2.03. The van der Waals surface area contributed by atoms with Gasteiger partial charge < -0.3 is 4.40 Å². The summed E-state index contributed by atoms with van der Waals surface area (Å²) in [7, 11) is 0. The largest absolute Gasteiger partial charge is 0.308 e. The Kier molecular flexibility index (Phi) is 3.45. The summed E-state index contributed by atoms with van der Waals surface area (Å²) in [5, 5.41) is 29.6. The Labute approximate surface area is 217 Å². The molecule has 3 nitrogen and oxygen atoms in total. The summed E-state index contributed by atoms with van der Waals surface area (Å²) in [6, 6.07) is 32.3. The number of aromatic nitrogens is 1. The third-order valence-electron chi connectivity index (χ3n) is 7.78. The third kappa shape index (κ3) is 2.17. The number of rotatable bonds is 0. The molecule has 9 rings (SSSR count). The predicted octanol–water partition coefficient (Wildman–Crippen LogP) is 9.32. The summed E-state index contributed by atoms with van der Waals surface area (Å²) >= 11 is 3.52. The monoisotopic (exact) mass is 503 g/mol. The number of nitrogens with zero attached hydrogens (tertiary/aromatic N) is 3. The van der Waals surface area contributed by atoms with Crippen molar-refractivity contribution in [3.8, 4) is 12.1 Å². The number of fused-ring (bicyclic) bond motifs is 14. The Morgan fingerprint density at radius 1 is 0.541 bits per heavy atom. The number of hydrogen-bond donors (Lipinski definition) is 0. The fourth-order valence-corrected chi connectivity index (χ4v) is 8.95. The molecule has 0 aliphatic heterocycles. The lowest BCUT2D eigenvalue weighted by atomic mass is 10.0. The van der Waals surface area contributed by atoms with E-state index in [-0.39, 0.29) is 0 Å². The smallest absolute Gasteiger partial charge is 0.0999 e. The highest BCUT2D eigenvalue weighted by atomic mass is 32.1. The summed E-state index contributed by atoms with van der Waals surface area (Å²) < 4.78 is 6.99. The van der Waals surface area contributed by atoms with E-state index in [4.69, 9.17) is 0 Å². The molecule has 0 atom stereocenters. The SMILES string of the molecule is N#Cc1cc2c(c3cccc4c5c6sc7ccccc7c6c(C#N)cc5n2c34)c2sc3ccccc3c12. The molecule has 0 fully saturated rings. The molecular formula is C32H13N3S2. The van der Waals surface area contributed by atoms with Crippen LogP contribution in [0.5, 0.6) is 0 Å². The topological polar surface area (TPSA) is 52.0 Å². The summed E-state index contributed by atoms with van der Waals surface area (Å²) in [4.78, 5) is 0. The van der Waals surface area contributed by atoms with Gasteiger partial charge in [0.15, 0.2) is 0 Å². The van der Waals surface area contributed by atoms with E-state index in [0.717, 1.165) is 47.5 Å². The number of thiophene rings is 2. The van der Waals surface area contributed by atoms with E-state index >= 15 is 0 Å². The van der Waals surface area contributed by atoms with Crippen LogP contribution in [0.3, 0.4) is 0 Å². The van der Waals surface area contributed by atoms with Crippen LogP contribution in [0.25, 0.3) is 78.4 Å². The van der Waals surface area contributed by atoms with Crippen molar-refractivity contribution in [1.29, 1.82) is 10.5 Å². The second-order valence-electron chi connectivity index (χ2n) is 9.50. The molecule has 0 aliphatic rings. The maximum Gasteiger partial charge on any atom is 0.0999 e. The molecule has 9 aromatic rings. The zero-order valence-corrected chi connectivity index (χ0v) is 20.8. The van der Waals surface area contributed by atoms with Gasteiger partial charge in [0.2, 0.25) is 0 Å². The normalized spacial score (nSPS) is 12.3. The molecule has 5 aromatic carbocycles. The van der Waals surface area contributed by atoms with Crippen LogP contribution in [0, 0.1) is 22.7 Å². The van der Waals surface area contributed by atoms with E-state index < -0.39 is 0 Å². The molecule has 0 amide bonds. The highest BCUT2D eigenvalue weighted by molar-refractivity contribution is 7.27. The molecule has 4 heterocycles. The van der Waals surface area contributed by atoms with Crippen molar-refractivity contribution >= 4 is 101 Å². The lowest BCUT2D eigenvalue weighted by molar-refractivity contribution is 1.37. The van der Waals surface area contributed by atoms with Crippen LogP contribution in [-0.2, 0) is 0 Å². The van der Waals surface area contributed by atoms with Crippen molar-refractivity contribution in [3.63, 3.8) is 0 Å². The van der Waals surface area contributed by atoms with Gasteiger partial charge in [-0.25, -0.2) is 0 Å². The summed E-state index contributed by atoms with van der Waals surface area (Å²) in [5.74, 6) is 0. The van der Waals surface area contributed by atoms with Crippen LogP contribution in [-0.4, -0.2) is 4.40 Å². The average molecular weight is 504 g/mol. The van der Waals surface area contributed by atoms with Gasteiger partial charge in [-0.15, -0.1) is 22.7 Å². The quantitative estimate of drug-likeness (QED) is 0.207. The van der Waals surface area contributed by atoms with Gasteiger partial charge in [-0.3, -0.25) is 0 Å². The second kappa shape index (κ2) is 6.55. The Bertz CT molecular complexity index is 2370. The van der Waals surface area contributed by atoms with E-state index in [1.807, 2.05) is 12.1 Å². The molecule has 0 saturated heterocycles. The maximum atomic E-state index is 10.2. The first-order chi connectivity index (χ1) is 18.3. The van der Waals surface area contributed by atoms with Crippen molar-refractivity contribution in [3.05, 3.63) is 90.0 Å².